The average molecular weight is 158 g/mol. The van der Waals surface area contributed by atoms with Crippen molar-refractivity contribution in [3.05, 3.63) is 0 Å². The quantitative estimate of drug-likeness (QED) is 0.247. The van der Waals surface area contributed by atoms with E-state index < -0.39 is 5.97 Å². The first-order valence-corrected chi connectivity index (χ1v) is 2.97. The Kier molecular flexibility index (Phi) is 3.65. The van der Waals surface area contributed by atoms with E-state index in [0.717, 1.165) is 0 Å². The van der Waals surface area contributed by atoms with Gasteiger partial charge >= 0.3 is 5.97 Å². The Morgan fingerprint density at radius 2 is 2.36 bits per heavy atom. The zero-order valence-corrected chi connectivity index (χ0v) is 6.09. The summed E-state index contributed by atoms with van der Waals surface area (Å²) in [5.74, 6) is -1.49. The molecule has 0 fully saturated rings. The molecule has 0 bridgehead atoms. The lowest BCUT2D eigenvalue weighted by Gasteiger charge is -1.97. The molecule has 6 heteroatoms. The highest BCUT2D eigenvalue weighted by Crippen LogP contribution is 1.83. The second kappa shape index (κ2) is 4.26. The number of nitrogens with zero attached hydrogens (tertiary/aromatic N) is 1. The van der Waals surface area contributed by atoms with E-state index in [2.05, 4.69) is 5.10 Å². The molecule has 0 aliphatic carbocycles. The van der Waals surface area contributed by atoms with Gasteiger partial charge in [0, 0.05) is 0 Å². The summed E-state index contributed by atoms with van der Waals surface area (Å²) in [6.45, 7) is 1.65. The number of carbonyl (C=O) groups is 1. The maximum atomic E-state index is 10.3. The molecule has 0 rings (SSSR count). The lowest BCUT2D eigenvalue weighted by Crippen LogP contribution is -2.28. The van der Waals surface area contributed by atoms with Crippen LogP contribution in [0.25, 0.3) is 0 Å². The first kappa shape index (κ1) is 9.41. The molecule has 0 aromatic rings. The van der Waals surface area contributed by atoms with Crippen LogP contribution in [0.4, 0.5) is 0 Å². The Labute approximate surface area is 63.6 Å². The number of carboxylic acids is 1. The number of aliphatic carboxylic acids is 1. The van der Waals surface area contributed by atoms with E-state index in [0.29, 0.717) is 0 Å². The minimum Gasteiger partial charge on any atom is -0.477 e. The van der Waals surface area contributed by atoms with Gasteiger partial charge in [-0.3, -0.25) is 5.41 Å². The van der Waals surface area contributed by atoms with Gasteiger partial charge in [-0.1, -0.05) is 6.92 Å². The molecule has 0 atom stereocenters. The lowest BCUT2D eigenvalue weighted by molar-refractivity contribution is -0.129. The van der Waals surface area contributed by atoms with Crippen molar-refractivity contribution in [2.75, 3.05) is 0 Å². The van der Waals surface area contributed by atoms with Crippen molar-refractivity contribution in [1.29, 1.82) is 5.41 Å². The Morgan fingerprint density at radius 3 is 2.64 bits per heavy atom. The summed E-state index contributed by atoms with van der Waals surface area (Å²) in [7, 11) is 0. The number of rotatable bonds is 3. The summed E-state index contributed by atoms with van der Waals surface area (Å²) in [5.41, 5.74) is 6.86. The molecule has 0 aromatic carbocycles. The summed E-state index contributed by atoms with van der Waals surface area (Å²) in [4.78, 5) is 10.3. The van der Waals surface area contributed by atoms with Crippen LogP contribution in [0.15, 0.2) is 5.10 Å². The molecule has 0 amide bonds. The fraction of sp³-hybridized carbons (Fsp3) is 0.400. The fourth-order valence-electron chi connectivity index (χ4n) is 0.406. The molecule has 0 saturated carbocycles. The Bertz CT molecular complexity index is 199. The average Bonchev–Trinajstić information content (AvgIpc) is 1.87. The van der Waals surface area contributed by atoms with Gasteiger partial charge in [0.25, 0.3) is 0 Å². The van der Waals surface area contributed by atoms with Crippen molar-refractivity contribution < 1.29 is 9.90 Å². The van der Waals surface area contributed by atoms with Crippen LogP contribution in [0, 0.1) is 5.41 Å². The standard InChI is InChI=1S/C5H10N4O2/c1-2-3(4(10)11)8-9-5(6)7/h2H2,1H3,(H,10,11)(H4,6,7,9)/b8-3+. The maximum Gasteiger partial charge on any atom is 0.352 e. The molecule has 0 aliphatic rings. The zero-order valence-electron chi connectivity index (χ0n) is 6.09. The number of hydrazone groups is 1. The molecular weight excluding hydrogens is 148 g/mol. The molecule has 5 N–H and O–H groups in total. The summed E-state index contributed by atoms with van der Waals surface area (Å²) in [6, 6.07) is 0. The van der Waals surface area contributed by atoms with Gasteiger partial charge in [0.15, 0.2) is 0 Å². The van der Waals surface area contributed by atoms with Gasteiger partial charge in [-0.2, -0.15) is 5.10 Å². The molecule has 0 aromatic heterocycles. The lowest BCUT2D eigenvalue weighted by atomic mass is 10.3. The van der Waals surface area contributed by atoms with Crippen molar-refractivity contribution in [3.63, 3.8) is 0 Å². The van der Waals surface area contributed by atoms with Gasteiger partial charge in [-0.15, -0.1) is 0 Å². The minimum absolute atomic E-state index is 0.0554. The highest BCUT2D eigenvalue weighted by atomic mass is 16.4. The third-order valence-corrected chi connectivity index (χ3v) is 0.893. The second-order valence-electron chi connectivity index (χ2n) is 1.74. The largest absolute Gasteiger partial charge is 0.477 e. The van der Waals surface area contributed by atoms with E-state index in [1.54, 1.807) is 6.92 Å². The van der Waals surface area contributed by atoms with Crippen LogP contribution in [-0.4, -0.2) is 22.7 Å². The number of hydrogen-bond acceptors (Lipinski definition) is 3. The third kappa shape index (κ3) is 3.90. The predicted molar refractivity (Wildman–Crippen MR) is 40.4 cm³/mol. The van der Waals surface area contributed by atoms with Crippen molar-refractivity contribution in [1.82, 2.24) is 5.43 Å². The molecule has 0 spiro atoms. The normalized spacial score (nSPS) is 10.8. The number of nitrogens with one attached hydrogen (secondary N) is 2. The van der Waals surface area contributed by atoms with Crippen molar-refractivity contribution in [3.8, 4) is 0 Å². The molecule has 0 heterocycles. The molecule has 0 unspecified atom stereocenters. The van der Waals surface area contributed by atoms with Crippen molar-refractivity contribution in [2.45, 2.75) is 13.3 Å². The van der Waals surface area contributed by atoms with Gasteiger partial charge in [0.05, 0.1) is 0 Å². The first-order chi connectivity index (χ1) is 5.07. The molecule has 62 valence electrons. The van der Waals surface area contributed by atoms with E-state index in [9.17, 15) is 4.79 Å². The van der Waals surface area contributed by atoms with Crippen LogP contribution >= 0.6 is 0 Å². The predicted octanol–water partition coefficient (Wildman–Crippen LogP) is -0.680. The Hall–Kier alpha value is -1.59. The van der Waals surface area contributed by atoms with Gasteiger partial charge in [0.1, 0.15) is 5.71 Å². The molecule has 0 aliphatic heterocycles. The number of nitrogens with two attached hydrogens (primary N) is 1. The van der Waals surface area contributed by atoms with E-state index in [-0.39, 0.29) is 18.1 Å². The first-order valence-electron chi connectivity index (χ1n) is 2.97. The van der Waals surface area contributed by atoms with Gasteiger partial charge in [-0.25, -0.2) is 10.2 Å². The number of carboxylic acid groups (broad SMARTS) is 1. The smallest absolute Gasteiger partial charge is 0.352 e. The Morgan fingerprint density at radius 1 is 1.82 bits per heavy atom. The third-order valence-electron chi connectivity index (χ3n) is 0.893. The van der Waals surface area contributed by atoms with Crippen LogP contribution in [0.2, 0.25) is 0 Å². The second-order valence-corrected chi connectivity index (χ2v) is 1.74. The molecule has 11 heavy (non-hydrogen) atoms. The van der Waals surface area contributed by atoms with Crippen LogP contribution in [0.1, 0.15) is 13.3 Å². The topological polar surface area (TPSA) is 112 Å². The van der Waals surface area contributed by atoms with Gasteiger partial charge in [0.2, 0.25) is 5.96 Å². The summed E-state index contributed by atoms with van der Waals surface area (Å²) in [6.07, 6.45) is 0.287. The van der Waals surface area contributed by atoms with Crippen LogP contribution in [0.3, 0.4) is 0 Å². The van der Waals surface area contributed by atoms with Gasteiger partial charge in [-0.05, 0) is 6.42 Å². The molecule has 0 saturated heterocycles. The van der Waals surface area contributed by atoms with Crippen LogP contribution in [0.5, 0.6) is 0 Å². The molecule has 0 radical (unpaired) electrons. The SMILES string of the molecule is CC/C(=N\NC(=N)N)C(=O)O. The highest BCUT2D eigenvalue weighted by molar-refractivity contribution is 6.35. The summed E-state index contributed by atoms with van der Waals surface area (Å²) < 4.78 is 0. The highest BCUT2D eigenvalue weighted by Gasteiger charge is 2.05. The van der Waals surface area contributed by atoms with E-state index in [4.69, 9.17) is 16.2 Å². The van der Waals surface area contributed by atoms with Gasteiger partial charge < -0.3 is 10.8 Å². The van der Waals surface area contributed by atoms with Crippen LogP contribution in [-0.2, 0) is 4.79 Å². The van der Waals surface area contributed by atoms with E-state index >= 15 is 0 Å². The van der Waals surface area contributed by atoms with E-state index in [1.165, 1.54) is 0 Å². The minimum atomic E-state index is -1.11. The Balaban J connectivity index is 4.13. The summed E-state index contributed by atoms with van der Waals surface area (Å²) in [5, 5.41) is 18.4. The summed E-state index contributed by atoms with van der Waals surface area (Å²) >= 11 is 0. The number of guanidine groups is 1. The number of hydrogen-bond donors (Lipinski definition) is 4. The maximum absolute atomic E-state index is 10.3. The fourth-order valence-corrected chi connectivity index (χ4v) is 0.406. The van der Waals surface area contributed by atoms with Crippen LogP contribution < -0.4 is 11.2 Å². The molecular formula is C5H10N4O2. The zero-order chi connectivity index (χ0) is 8.85. The van der Waals surface area contributed by atoms with E-state index in [1.807, 2.05) is 5.43 Å². The van der Waals surface area contributed by atoms with Crippen molar-refractivity contribution in [2.24, 2.45) is 10.8 Å². The molecule has 6 nitrogen and oxygen atoms in total. The van der Waals surface area contributed by atoms with Crippen molar-refractivity contribution >= 4 is 17.6 Å². The monoisotopic (exact) mass is 158 g/mol.